The summed E-state index contributed by atoms with van der Waals surface area (Å²) in [5.41, 5.74) is 0. The molecule has 1 aliphatic heterocycles. The monoisotopic (exact) mass is 248 g/mol. The second-order valence-electron chi connectivity index (χ2n) is 5.08. The average Bonchev–Trinajstić information content (AvgIpc) is 2.86. The van der Waals surface area contributed by atoms with Gasteiger partial charge in [-0.15, -0.1) is 0 Å². The van der Waals surface area contributed by atoms with E-state index < -0.39 is 0 Å². The highest BCUT2D eigenvalue weighted by Gasteiger charge is 2.22. The molecule has 1 saturated heterocycles. The Balaban J connectivity index is 1.96. The molecular formula is C14H24N4. The van der Waals surface area contributed by atoms with Crippen LogP contribution in [0.5, 0.6) is 0 Å². The standard InChI is InChI=1S/C14H24N4/c1-3-5-12-6-8-18(11-12)14-10-15-9-13(17-14)16-7-4-2/h9-10,12H,3-8,11H2,1-2H3,(H,16,17). The van der Waals surface area contributed by atoms with Gasteiger partial charge in [-0.25, -0.2) is 4.98 Å². The Hall–Kier alpha value is -1.32. The zero-order valence-corrected chi connectivity index (χ0v) is 11.5. The van der Waals surface area contributed by atoms with Crippen LogP contribution < -0.4 is 10.2 Å². The Morgan fingerprint density at radius 2 is 2.22 bits per heavy atom. The molecule has 0 radical (unpaired) electrons. The van der Waals surface area contributed by atoms with E-state index in [9.17, 15) is 0 Å². The zero-order chi connectivity index (χ0) is 12.8. The lowest BCUT2D eigenvalue weighted by atomic mass is 10.0. The Morgan fingerprint density at radius 3 is 3.00 bits per heavy atom. The van der Waals surface area contributed by atoms with Crippen molar-refractivity contribution in [3.63, 3.8) is 0 Å². The Morgan fingerprint density at radius 1 is 1.33 bits per heavy atom. The Bertz CT molecular complexity index is 367. The molecule has 0 bridgehead atoms. The van der Waals surface area contributed by atoms with Gasteiger partial charge in [0.05, 0.1) is 12.4 Å². The fraction of sp³-hybridized carbons (Fsp3) is 0.714. The molecule has 4 heteroatoms. The highest BCUT2D eigenvalue weighted by Crippen LogP contribution is 2.25. The third-order valence-electron chi connectivity index (χ3n) is 3.48. The normalized spacial score (nSPS) is 19.2. The SMILES string of the molecule is CCCNc1cncc(N2CCC(CCC)C2)n1. The van der Waals surface area contributed by atoms with Crippen molar-refractivity contribution in [1.82, 2.24) is 9.97 Å². The van der Waals surface area contributed by atoms with Crippen LogP contribution in [-0.2, 0) is 0 Å². The quantitative estimate of drug-likeness (QED) is 0.840. The van der Waals surface area contributed by atoms with Crippen molar-refractivity contribution in [3.05, 3.63) is 12.4 Å². The van der Waals surface area contributed by atoms with E-state index in [1.54, 1.807) is 6.20 Å². The van der Waals surface area contributed by atoms with E-state index in [1.165, 1.54) is 19.3 Å². The molecule has 0 aliphatic carbocycles. The summed E-state index contributed by atoms with van der Waals surface area (Å²) in [6.07, 6.45) is 8.69. The lowest BCUT2D eigenvalue weighted by molar-refractivity contribution is 0.529. The van der Waals surface area contributed by atoms with Gasteiger partial charge in [0.25, 0.3) is 0 Å². The van der Waals surface area contributed by atoms with Crippen molar-refractivity contribution in [1.29, 1.82) is 0 Å². The molecule has 1 fully saturated rings. The molecule has 0 saturated carbocycles. The average molecular weight is 248 g/mol. The summed E-state index contributed by atoms with van der Waals surface area (Å²) < 4.78 is 0. The van der Waals surface area contributed by atoms with Crippen molar-refractivity contribution in [2.45, 2.75) is 39.5 Å². The summed E-state index contributed by atoms with van der Waals surface area (Å²) in [6.45, 7) is 7.63. The number of anilines is 2. The van der Waals surface area contributed by atoms with Crippen LogP contribution in [0.3, 0.4) is 0 Å². The number of hydrogen-bond acceptors (Lipinski definition) is 4. The van der Waals surface area contributed by atoms with Crippen molar-refractivity contribution >= 4 is 11.6 Å². The van der Waals surface area contributed by atoms with Crippen molar-refractivity contribution in [3.8, 4) is 0 Å². The summed E-state index contributed by atoms with van der Waals surface area (Å²) in [5, 5.41) is 3.29. The van der Waals surface area contributed by atoms with E-state index in [4.69, 9.17) is 0 Å². The lowest BCUT2D eigenvalue weighted by Crippen LogP contribution is -2.21. The van der Waals surface area contributed by atoms with E-state index in [-0.39, 0.29) is 0 Å². The molecule has 4 nitrogen and oxygen atoms in total. The first-order valence-electron chi connectivity index (χ1n) is 7.14. The van der Waals surface area contributed by atoms with Crippen molar-refractivity contribution in [2.24, 2.45) is 5.92 Å². The number of rotatable bonds is 6. The molecule has 18 heavy (non-hydrogen) atoms. The number of nitrogens with one attached hydrogen (secondary N) is 1. The summed E-state index contributed by atoms with van der Waals surface area (Å²) in [7, 11) is 0. The second-order valence-corrected chi connectivity index (χ2v) is 5.08. The van der Waals surface area contributed by atoms with Crippen LogP contribution in [0.25, 0.3) is 0 Å². The summed E-state index contributed by atoms with van der Waals surface area (Å²) in [4.78, 5) is 11.3. The van der Waals surface area contributed by atoms with Gasteiger partial charge in [-0.05, 0) is 25.2 Å². The van der Waals surface area contributed by atoms with Gasteiger partial charge in [-0.3, -0.25) is 4.98 Å². The first kappa shape index (κ1) is 13.1. The second kappa shape index (κ2) is 6.57. The van der Waals surface area contributed by atoms with Gasteiger partial charge >= 0.3 is 0 Å². The molecule has 0 spiro atoms. The Labute approximate surface area is 110 Å². The van der Waals surface area contributed by atoms with Crippen LogP contribution in [-0.4, -0.2) is 29.6 Å². The highest BCUT2D eigenvalue weighted by molar-refractivity contribution is 5.44. The molecule has 2 rings (SSSR count). The third-order valence-corrected chi connectivity index (χ3v) is 3.48. The molecule has 1 atom stereocenters. The number of aromatic nitrogens is 2. The molecule has 2 heterocycles. The minimum atomic E-state index is 0.837. The summed E-state index contributed by atoms with van der Waals surface area (Å²) in [5.74, 6) is 2.76. The van der Waals surface area contributed by atoms with Crippen LogP contribution in [0.4, 0.5) is 11.6 Å². The smallest absolute Gasteiger partial charge is 0.149 e. The first-order valence-corrected chi connectivity index (χ1v) is 7.14. The molecule has 0 amide bonds. The van der Waals surface area contributed by atoms with E-state index >= 15 is 0 Å². The number of nitrogens with zero attached hydrogens (tertiary/aromatic N) is 3. The predicted octanol–water partition coefficient (Wildman–Crippen LogP) is 2.92. The summed E-state index contributed by atoms with van der Waals surface area (Å²) in [6, 6.07) is 0. The van der Waals surface area contributed by atoms with Gasteiger partial charge in [0.2, 0.25) is 0 Å². The lowest BCUT2D eigenvalue weighted by Gasteiger charge is -2.17. The van der Waals surface area contributed by atoms with E-state index in [1.807, 2.05) is 6.20 Å². The largest absolute Gasteiger partial charge is 0.369 e. The van der Waals surface area contributed by atoms with Crippen LogP contribution in [0, 0.1) is 5.92 Å². The fourth-order valence-corrected chi connectivity index (χ4v) is 2.53. The van der Waals surface area contributed by atoms with E-state index in [2.05, 4.69) is 34.0 Å². The van der Waals surface area contributed by atoms with Crippen LogP contribution in [0.2, 0.25) is 0 Å². The fourth-order valence-electron chi connectivity index (χ4n) is 2.53. The third kappa shape index (κ3) is 3.34. The minimum Gasteiger partial charge on any atom is -0.369 e. The van der Waals surface area contributed by atoms with Gasteiger partial charge in [-0.1, -0.05) is 20.3 Å². The Kier molecular flexibility index (Phi) is 4.79. The van der Waals surface area contributed by atoms with Gasteiger partial charge in [0.15, 0.2) is 0 Å². The predicted molar refractivity (Wildman–Crippen MR) is 76.0 cm³/mol. The van der Waals surface area contributed by atoms with Crippen molar-refractivity contribution in [2.75, 3.05) is 29.9 Å². The zero-order valence-electron chi connectivity index (χ0n) is 11.5. The van der Waals surface area contributed by atoms with Gasteiger partial charge < -0.3 is 10.2 Å². The molecular weight excluding hydrogens is 224 g/mol. The maximum Gasteiger partial charge on any atom is 0.149 e. The molecule has 1 N–H and O–H groups in total. The summed E-state index contributed by atoms with van der Waals surface area (Å²) >= 11 is 0. The van der Waals surface area contributed by atoms with Crippen LogP contribution in [0.1, 0.15) is 39.5 Å². The van der Waals surface area contributed by atoms with Gasteiger partial charge in [-0.2, -0.15) is 0 Å². The maximum absolute atomic E-state index is 4.64. The topological polar surface area (TPSA) is 41.1 Å². The molecule has 1 aromatic rings. The molecule has 1 aromatic heterocycles. The van der Waals surface area contributed by atoms with Crippen LogP contribution in [0.15, 0.2) is 12.4 Å². The van der Waals surface area contributed by atoms with Gasteiger partial charge in [0, 0.05) is 19.6 Å². The van der Waals surface area contributed by atoms with E-state index in [0.717, 1.165) is 43.6 Å². The van der Waals surface area contributed by atoms with Gasteiger partial charge in [0.1, 0.15) is 11.6 Å². The molecule has 1 aliphatic rings. The molecule has 1 unspecified atom stereocenters. The van der Waals surface area contributed by atoms with Crippen molar-refractivity contribution < 1.29 is 0 Å². The maximum atomic E-state index is 4.64. The minimum absolute atomic E-state index is 0.837. The number of hydrogen-bond donors (Lipinski definition) is 1. The first-order chi connectivity index (χ1) is 8.83. The molecule has 100 valence electrons. The van der Waals surface area contributed by atoms with Crippen LogP contribution >= 0.6 is 0 Å². The van der Waals surface area contributed by atoms with E-state index in [0.29, 0.717) is 0 Å². The molecule has 0 aromatic carbocycles. The highest BCUT2D eigenvalue weighted by atomic mass is 15.2.